The number of likely N-dealkylation sites (tertiary alicyclic amines) is 1. The SMILES string of the molecule is CC1(C(=O)N2CCC(CC(=O)O)CC2)CCCCCC1. The molecule has 0 aromatic heterocycles. The lowest BCUT2D eigenvalue weighted by molar-refractivity contribution is -0.144. The van der Waals surface area contributed by atoms with E-state index in [0.29, 0.717) is 5.91 Å². The molecule has 1 aliphatic heterocycles. The maximum absolute atomic E-state index is 12.8. The Morgan fingerprint density at radius 1 is 1.10 bits per heavy atom. The second kappa shape index (κ2) is 6.59. The van der Waals surface area contributed by atoms with Gasteiger partial charge in [-0.25, -0.2) is 0 Å². The molecule has 1 saturated carbocycles. The van der Waals surface area contributed by atoms with Crippen LogP contribution >= 0.6 is 0 Å². The van der Waals surface area contributed by atoms with Crippen LogP contribution in [0.3, 0.4) is 0 Å². The van der Waals surface area contributed by atoms with Crippen molar-refractivity contribution in [1.82, 2.24) is 4.90 Å². The molecule has 0 aromatic rings. The van der Waals surface area contributed by atoms with E-state index in [2.05, 4.69) is 6.92 Å². The van der Waals surface area contributed by atoms with Crippen molar-refractivity contribution in [2.75, 3.05) is 13.1 Å². The van der Waals surface area contributed by atoms with E-state index in [1.54, 1.807) is 0 Å². The molecule has 20 heavy (non-hydrogen) atoms. The van der Waals surface area contributed by atoms with Crippen molar-refractivity contribution >= 4 is 11.9 Å². The summed E-state index contributed by atoms with van der Waals surface area (Å²) in [4.78, 5) is 25.5. The van der Waals surface area contributed by atoms with Gasteiger partial charge < -0.3 is 10.0 Å². The molecule has 4 heteroatoms. The molecule has 4 nitrogen and oxygen atoms in total. The average Bonchev–Trinajstić information content (AvgIpc) is 2.64. The van der Waals surface area contributed by atoms with Crippen molar-refractivity contribution < 1.29 is 14.7 Å². The first kappa shape index (κ1) is 15.3. The van der Waals surface area contributed by atoms with E-state index >= 15 is 0 Å². The van der Waals surface area contributed by atoms with E-state index < -0.39 is 5.97 Å². The van der Waals surface area contributed by atoms with Crippen LogP contribution in [0.2, 0.25) is 0 Å². The van der Waals surface area contributed by atoms with Crippen LogP contribution in [-0.2, 0) is 9.59 Å². The number of hydrogen-bond acceptors (Lipinski definition) is 2. The average molecular weight is 281 g/mol. The zero-order valence-electron chi connectivity index (χ0n) is 12.6. The van der Waals surface area contributed by atoms with Gasteiger partial charge in [-0.2, -0.15) is 0 Å². The van der Waals surface area contributed by atoms with Crippen molar-refractivity contribution in [3.63, 3.8) is 0 Å². The minimum Gasteiger partial charge on any atom is -0.481 e. The van der Waals surface area contributed by atoms with Gasteiger partial charge in [0.25, 0.3) is 0 Å². The number of hydrogen-bond donors (Lipinski definition) is 1. The molecule has 2 rings (SSSR count). The van der Waals surface area contributed by atoms with Crippen LogP contribution in [0.5, 0.6) is 0 Å². The predicted molar refractivity (Wildman–Crippen MR) is 77.4 cm³/mol. The van der Waals surface area contributed by atoms with Gasteiger partial charge in [-0.1, -0.05) is 32.6 Å². The molecule has 1 amide bonds. The molecule has 1 aliphatic carbocycles. The molecule has 0 aromatic carbocycles. The van der Waals surface area contributed by atoms with Crippen LogP contribution in [0.1, 0.15) is 64.7 Å². The minimum absolute atomic E-state index is 0.171. The monoisotopic (exact) mass is 281 g/mol. The van der Waals surface area contributed by atoms with Gasteiger partial charge in [0.1, 0.15) is 0 Å². The Bertz CT molecular complexity index is 351. The first-order valence-corrected chi connectivity index (χ1v) is 8.02. The quantitative estimate of drug-likeness (QED) is 0.809. The van der Waals surface area contributed by atoms with Gasteiger partial charge in [0, 0.05) is 24.9 Å². The summed E-state index contributed by atoms with van der Waals surface area (Å²) in [7, 11) is 0. The van der Waals surface area contributed by atoms with Gasteiger partial charge in [-0.05, 0) is 31.6 Å². The highest BCUT2D eigenvalue weighted by molar-refractivity contribution is 5.82. The molecule has 0 bridgehead atoms. The summed E-state index contributed by atoms with van der Waals surface area (Å²) in [6, 6.07) is 0. The lowest BCUT2D eigenvalue weighted by Gasteiger charge is -2.38. The summed E-state index contributed by atoms with van der Waals surface area (Å²) in [5, 5.41) is 8.84. The highest BCUT2D eigenvalue weighted by Crippen LogP contribution is 2.37. The molecule has 2 fully saturated rings. The molecule has 114 valence electrons. The minimum atomic E-state index is -0.717. The Morgan fingerprint density at radius 3 is 2.15 bits per heavy atom. The Labute approximate surface area is 121 Å². The number of carbonyl (C=O) groups is 2. The molecule has 0 unspecified atom stereocenters. The molecule has 0 radical (unpaired) electrons. The molecule has 1 saturated heterocycles. The highest BCUT2D eigenvalue weighted by atomic mass is 16.4. The van der Waals surface area contributed by atoms with E-state index in [-0.39, 0.29) is 17.8 Å². The zero-order valence-corrected chi connectivity index (χ0v) is 12.6. The summed E-state index contributed by atoms with van der Waals surface area (Å²) in [6.07, 6.45) is 8.80. The number of amides is 1. The van der Waals surface area contributed by atoms with Crippen molar-refractivity contribution in [1.29, 1.82) is 0 Å². The van der Waals surface area contributed by atoms with E-state index in [4.69, 9.17) is 5.11 Å². The largest absolute Gasteiger partial charge is 0.481 e. The van der Waals surface area contributed by atoms with Crippen LogP contribution in [-0.4, -0.2) is 35.0 Å². The number of nitrogens with zero attached hydrogens (tertiary/aromatic N) is 1. The van der Waals surface area contributed by atoms with Gasteiger partial charge in [-0.15, -0.1) is 0 Å². The van der Waals surface area contributed by atoms with Crippen LogP contribution in [0.4, 0.5) is 0 Å². The van der Waals surface area contributed by atoms with Crippen LogP contribution in [0.25, 0.3) is 0 Å². The summed E-state index contributed by atoms with van der Waals surface area (Å²) < 4.78 is 0. The third-order valence-corrected chi connectivity index (χ3v) is 5.09. The highest BCUT2D eigenvalue weighted by Gasteiger charge is 2.37. The molecule has 0 atom stereocenters. The third-order valence-electron chi connectivity index (χ3n) is 5.09. The van der Waals surface area contributed by atoms with E-state index in [9.17, 15) is 9.59 Å². The van der Waals surface area contributed by atoms with Crippen molar-refractivity contribution in [3.8, 4) is 0 Å². The lowest BCUT2D eigenvalue weighted by Crippen LogP contribution is -2.46. The molecular formula is C16H27NO3. The molecule has 1 N–H and O–H groups in total. The van der Waals surface area contributed by atoms with E-state index in [0.717, 1.165) is 51.6 Å². The third kappa shape index (κ3) is 3.74. The standard InChI is InChI=1S/C16H27NO3/c1-16(8-4-2-3-5-9-16)15(20)17-10-6-13(7-11-17)12-14(18)19/h13H,2-12H2,1H3,(H,18,19). The lowest BCUT2D eigenvalue weighted by atomic mass is 9.80. The summed E-state index contributed by atoms with van der Waals surface area (Å²) in [6.45, 7) is 3.61. The summed E-state index contributed by atoms with van der Waals surface area (Å²) in [5.41, 5.74) is -0.171. The zero-order chi connectivity index (χ0) is 14.6. The maximum atomic E-state index is 12.8. The number of carbonyl (C=O) groups excluding carboxylic acids is 1. The number of rotatable bonds is 3. The van der Waals surface area contributed by atoms with Crippen molar-refractivity contribution in [2.45, 2.75) is 64.7 Å². The predicted octanol–water partition coefficient (Wildman–Crippen LogP) is 3.06. The topological polar surface area (TPSA) is 57.6 Å². The first-order chi connectivity index (χ1) is 9.51. The Balaban J connectivity index is 1.89. The second-order valence-electron chi connectivity index (χ2n) is 6.81. The fourth-order valence-electron chi connectivity index (χ4n) is 3.69. The van der Waals surface area contributed by atoms with Crippen LogP contribution in [0, 0.1) is 11.3 Å². The molecule has 1 heterocycles. The first-order valence-electron chi connectivity index (χ1n) is 8.02. The van der Waals surface area contributed by atoms with Gasteiger partial charge in [0.2, 0.25) is 5.91 Å². The normalized spacial score (nSPS) is 24.1. The smallest absolute Gasteiger partial charge is 0.303 e. The maximum Gasteiger partial charge on any atom is 0.303 e. The second-order valence-corrected chi connectivity index (χ2v) is 6.81. The van der Waals surface area contributed by atoms with Crippen LogP contribution in [0.15, 0.2) is 0 Å². The Kier molecular flexibility index (Phi) is 5.06. The molecule has 0 spiro atoms. The number of carboxylic acid groups (broad SMARTS) is 1. The summed E-state index contributed by atoms with van der Waals surface area (Å²) >= 11 is 0. The number of aliphatic carboxylic acids is 1. The van der Waals surface area contributed by atoms with E-state index in [1.807, 2.05) is 4.90 Å². The van der Waals surface area contributed by atoms with Crippen molar-refractivity contribution in [3.05, 3.63) is 0 Å². The van der Waals surface area contributed by atoms with Gasteiger partial charge >= 0.3 is 5.97 Å². The van der Waals surface area contributed by atoms with Gasteiger partial charge in [-0.3, -0.25) is 9.59 Å². The van der Waals surface area contributed by atoms with Gasteiger partial charge in [0.15, 0.2) is 0 Å². The molecule has 2 aliphatic rings. The number of carboxylic acids is 1. The Hall–Kier alpha value is -1.06. The number of piperidine rings is 1. The summed E-state index contributed by atoms with van der Waals surface area (Å²) in [5.74, 6) is -0.155. The fraction of sp³-hybridized carbons (Fsp3) is 0.875. The Morgan fingerprint density at radius 2 is 1.65 bits per heavy atom. The fourth-order valence-corrected chi connectivity index (χ4v) is 3.69. The van der Waals surface area contributed by atoms with Crippen LogP contribution < -0.4 is 0 Å². The van der Waals surface area contributed by atoms with E-state index in [1.165, 1.54) is 12.8 Å². The molecular weight excluding hydrogens is 254 g/mol. The van der Waals surface area contributed by atoms with Gasteiger partial charge in [0.05, 0.1) is 0 Å². The van der Waals surface area contributed by atoms with Crippen molar-refractivity contribution in [2.24, 2.45) is 11.3 Å².